The predicted molar refractivity (Wildman–Crippen MR) is 68.5 cm³/mol. The molecule has 0 fully saturated rings. The molecular weight excluding hydrogens is 251 g/mol. The number of nitrogens with one attached hydrogen (secondary N) is 1. The first kappa shape index (κ1) is 13.1. The van der Waals surface area contributed by atoms with Crippen molar-refractivity contribution in [3.63, 3.8) is 0 Å². The lowest BCUT2D eigenvalue weighted by Gasteiger charge is -2.04. The minimum Gasteiger partial charge on any atom is -0.464 e. The zero-order valence-corrected chi connectivity index (χ0v) is 10.4. The number of nitro groups is 1. The van der Waals surface area contributed by atoms with Crippen LogP contribution in [0.25, 0.3) is 0 Å². The second-order valence-corrected chi connectivity index (χ2v) is 4.00. The Kier molecular flexibility index (Phi) is 3.79. The van der Waals surface area contributed by atoms with E-state index in [0.717, 1.165) is 24.0 Å². The number of anilines is 1. The van der Waals surface area contributed by atoms with Crippen molar-refractivity contribution in [2.75, 3.05) is 5.32 Å². The van der Waals surface area contributed by atoms with Crippen LogP contribution in [0.1, 0.15) is 18.4 Å². The van der Waals surface area contributed by atoms with Gasteiger partial charge in [-0.1, -0.05) is 6.92 Å². The van der Waals surface area contributed by atoms with Crippen LogP contribution in [0.3, 0.4) is 0 Å². The lowest BCUT2D eigenvalue weighted by atomic mass is 10.2. The van der Waals surface area contributed by atoms with Crippen LogP contribution < -0.4 is 5.32 Å². The summed E-state index contributed by atoms with van der Waals surface area (Å²) in [5.41, 5.74) is -0.0683. The molecule has 1 aromatic heterocycles. The van der Waals surface area contributed by atoms with Crippen molar-refractivity contribution in [2.45, 2.75) is 19.9 Å². The lowest BCUT2D eigenvalue weighted by molar-refractivity contribution is -0.387. The zero-order chi connectivity index (χ0) is 13.8. The fraction of sp³-hybridized carbons (Fsp3) is 0.231. The number of aryl methyl sites for hydroxylation is 1. The number of hydrogen-bond donors (Lipinski definition) is 1. The number of hydrogen-bond acceptors (Lipinski definition) is 4. The molecule has 0 amide bonds. The molecule has 0 saturated heterocycles. The fourth-order valence-electron chi connectivity index (χ4n) is 1.66. The summed E-state index contributed by atoms with van der Waals surface area (Å²) in [5, 5.41) is 13.6. The van der Waals surface area contributed by atoms with Crippen LogP contribution in [-0.4, -0.2) is 4.92 Å². The number of furan rings is 1. The van der Waals surface area contributed by atoms with Crippen molar-refractivity contribution in [3.8, 4) is 0 Å². The van der Waals surface area contributed by atoms with Crippen LogP contribution >= 0.6 is 0 Å². The Balaban J connectivity index is 2.07. The van der Waals surface area contributed by atoms with Crippen LogP contribution in [-0.2, 0) is 13.0 Å². The highest BCUT2D eigenvalue weighted by atomic mass is 19.1. The van der Waals surface area contributed by atoms with E-state index in [2.05, 4.69) is 5.32 Å². The summed E-state index contributed by atoms with van der Waals surface area (Å²) in [4.78, 5) is 9.86. The molecule has 0 bridgehead atoms. The van der Waals surface area contributed by atoms with Gasteiger partial charge in [-0.2, -0.15) is 4.39 Å². The van der Waals surface area contributed by atoms with Gasteiger partial charge >= 0.3 is 5.69 Å². The Bertz CT molecular complexity index is 595. The van der Waals surface area contributed by atoms with E-state index in [1.165, 1.54) is 12.1 Å². The molecule has 2 rings (SSSR count). The van der Waals surface area contributed by atoms with E-state index in [9.17, 15) is 14.5 Å². The van der Waals surface area contributed by atoms with E-state index in [-0.39, 0.29) is 0 Å². The van der Waals surface area contributed by atoms with Gasteiger partial charge in [0.2, 0.25) is 5.82 Å². The van der Waals surface area contributed by atoms with Gasteiger partial charge in [-0.25, -0.2) is 0 Å². The summed E-state index contributed by atoms with van der Waals surface area (Å²) in [7, 11) is 0. The molecule has 2 aromatic rings. The molecule has 1 heterocycles. The highest BCUT2D eigenvalue weighted by Gasteiger charge is 2.14. The number of benzene rings is 1. The molecule has 0 saturated carbocycles. The molecule has 0 radical (unpaired) electrons. The fourth-order valence-corrected chi connectivity index (χ4v) is 1.66. The van der Waals surface area contributed by atoms with Gasteiger partial charge < -0.3 is 9.73 Å². The number of nitrogens with zero attached hydrogens (tertiary/aromatic N) is 1. The molecule has 0 aliphatic heterocycles. The Morgan fingerprint density at radius 3 is 2.68 bits per heavy atom. The third-order valence-corrected chi connectivity index (χ3v) is 2.68. The highest BCUT2D eigenvalue weighted by Crippen LogP contribution is 2.22. The molecule has 0 unspecified atom stereocenters. The molecule has 1 N–H and O–H groups in total. The van der Waals surface area contributed by atoms with E-state index < -0.39 is 16.4 Å². The van der Waals surface area contributed by atoms with Gasteiger partial charge in [-0.15, -0.1) is 0 Å². The van der Waals surface area contributed by atoms with Crippen molar-refractivity contribution in [1.29, 1.82) is 0 Å². The average Bonchev–Trinajstić information content (AvgIpc) is 2.85. The topological polar surface area (TPSA) is 68.3 Å². The van der Waals surface area contributed by atoms with Gasteiger partial charge in [0.05, 0.1) is 11.5 Å². The first-order valence-corrected chi connectivity index (χ1v) is 5.85. The first-order chi connectivity index (χ1) is 9.10. The van der Waals surface area contributed by atoms with Gasteiger partial charge in [0.25, 0.3) is 0 Å². The van der Waals surface area contributed by atoms with Crippen LogP contribution in [0.2, 0.25) is 0 Å². The molecule has 1 aromatic carbocycles. The summed E-state index contributed by atoms with van der Waals surface area (Å²) in [6.45, 7) is 2.38. The molecule has 0 aliphatic rings. The average molecular weight is 264 g/mol. The third kappa shape index (κ3) is 3.09. The van der Waals surface area contributed by atoms with Crippen LogP contribution in [0.5, 0.6) is 0 Å². The molecular formula is C13H13FN2O3. The maximum absolute atomic E-state index is 13.1. The molecule has 19 heavy (non-hydrogen) atoms. The molecule has 6 heteroatoms. The lowest BCUT2D eigenvalue weighted by Crippen LogP contribution is -2.00. The van der Waals surface area contributed by atoms with Crippen LogP contribution in [0, 0.1) is 15.9 Å². The smallest absolute Gasteiger partial charge is 0.306 e. The molecule has 0 aliphatic carbocycles. The Labute approximate surface area is 109 Å². The number of nitro benzene ring substituents is 1. The Hall–Kier alpha value is -2.37. The normalized spacial score (nSPS) is 10.4. The Morgan fingerprint density at radius 1 is 1.32 bits per heavy atom. The standard InChI is InChI=1S/C13H13FN2O3/c1-2-10-4-5-11(19-10)8-15-9-3-6-12(14)13(7-9)16(17)18/h3-7,15H,2,8H2,1H3. The van der Waals surface area contributed by atoms with E-state index in [4.69, 9.17) is 4.42 Å². The van der Waals surface area contributed by atoms with Crippen molar-refractivity contribution < 1.29 is 13.7 Å². The SMILES string of the molecule is CCc1ccc(CNc2ccc(F)c([N+](=O)[O-])c2)o1. The molecule has 100 valence electrons. The quantitative estimate of drug-likeness (QED) is 0.662. The monoisotopic (exact) mass is 264 g/mol. The van der Waals surface area contributed by atoms with E-state index in [1.54, 1.807) is 0 Å². The largest absolute Gasteiger partial charge is 0.464 e. The van der Waals surface area contributed by atoms with Gasteiger partial charge in [0, 0.05) is 18.2 Å². The molecule has 0 atom stereocenters. The van der Waals surface area contributed by atoms with Gasteiger partial charge in [0.1, 0.15) is 11.5 Å². The van der Waals surface area contributed by atoms with Crippen molar-refractivity contribution in [2.24, 2.45) is 0 Å². The minimum atomic E-state index is -0.846. The predicted octanol–water partition coefficient (Wildman–Crippen LogP) is 3.50. The first-order valence-electron chi connectivity index (χ1n) is 5.85. The van der Waals surface area contributed by atoms with Crippen LogP contribution in [0.15, 0.2) is 34.7 Å². The minimum absolute atomic E-state index is 0.392. The second kappa shape index (κ2) is 5.51. The van der Waals surface area contributed by atoms with E-state index >= 15 is 0 Å². The number of halogens is 1. The highest BCUT2D eigenvalue weighted by molar-refractivity contribution is 5.51. The van der Waals surface area contributed by atoms with Gasteiger partial charge in [-0.3, -0.25) is 10.1 Å². The maximum Gasteiger partial charge on any atom is 0.306 e. The third-order valence-electron chi connectivity index (χ3n) is 2.68. The number of rotatable bonds is 5. The summed E-state index contributed by atoms with van der Waals surface area (Å²) >= 11 is 0. The summed E-state index contributed by atoms with van der Waals surface area (Å²) in [6, 6.07) is 7.40. The summed E-state index contributed by atoms with van der Waals surface area (Å²) in [6.07, 6.45) is 0.808. The van der Waals surface area contributed by atoms with E-state index in [1.807, 2.05) is 19.1 Å². The van der Waals surface area contributed by atoms with Gasteiger partial charge in [0.15, 0.2) is 0 Å². The zero-order valence-electron chi connectivity index (χ0n) is 10.4. The Morgan fingerprint density at radius 2 is 2.05 bits per heavy atom. The van der Waals surface area contributed by atoms with E-state index in [0.29, 0.717) is 12.2 Å². The van der Waals surface area contributed by atoms with Gasteiger partial charge in [-0.05, 0) is 24.3 Å². The maximum atomic E-state index is 13.1. The second-order valence-electron chi connectivity index (χ2n) is 4.00. The van der Waals surface area contributed by atoms with Crippen molar-refractivity contribution in [1.82, 2.24) is 0 Å². The van der Waals surface area contributed by atoms with Crippen LogP contribution in [0.4, 0.5) is 15.8 Å². The molecule has 0 spiro atoms. The molecule has 5 nitrogen and oxygen atoms in total. The van der Waals surface area contributed by atoms with Crippen molar-refractivity contribution in [3.05, 3.63) is 57.8 Å². The summed E-state index contributed by atoms with van der Waals surface area (Å²) in [5.74, 6) is 0.757. The van der Waals surface area contributed by atoms with Crippen molar-refractivity contribution >= 4 is 11.4 Å². The summed E-state index contributed by atoms with van der Waals surface area (Å²) < 4.78 is 18.6.